The number of ether oxygens (including phenoxy) is 2. The topological polar surface area (TPSA) is 50.8 Å². The number of halogens is 1. The molecule has 0 aromatic heterocycles. The lowest BCUT2D eigenvalue weighted by Crippen LogP contribution is -2.39. The van der Waals surface area contributed by atoms with E-state index in [1.807, 2.05) is 29.2 Å². The molecular formula is C17H25ClN2O3. The normalized spacial score (nSPS) is 23.1. The van der Waals surface area contributed by atoms with Gasteiger partial charge in [-0.1, -0.05) is 6.07 Å². The van der Waals surface area contributed by atoms with E-state index in [1.54, 1.807) is 7.11 Å². The first-order chi connectivity index (χ1) is 10.8. The molecule has 23 heavy (non-hydrogen) atoms. The van der Waals surface area contributed by atoms with Crippen molar-refractivity contribution < 1.29 is 14.3 Å². The van der Waals surface area contributed by atoms with Crippen molar-refractivity contribution in [3.05, 3.63) is 29.8 Å². The molecule has 5 nitrogen and oxygen atoms in total. The Balaban J connectivity index is 0.00000192. The zero-order valence-corrected chi connectivity index (χ0v) is 14.3. The summed E-state index contributed by atoms with van der Waals surface area (Å²) in [5.41, 5.74) is 0.702. The quantitative estimate of drug-likeness (QED) is 0.834. The first kappa shape index (κ1) is 18.0. The van der Waals surface area contributed by atoms with E-state index in [0.717, 1.165) is 25.3 Å². The number of hydrogen-bond acceptors (Lipinski definition) is 4. The number of likely N-dealkylation sites (tertiary alicyclic amines) is 1. The van der Waals surface area contributed by atoms with Crippen molar-refractivity contribution in [1.82, 2.24) is 10.2 Å². The molecule has 6 heteroatoms. The molecule has 2 aliphatic rings. The lowest BCUT2D eigenvalue weighted by molar-refractivity contribution is 0.0747. The Morgan fingerprint density at radius 2 is 2.09 bits per heavy atom. The first-order valence-electron chi connectivity index (χ1n) is 8.03. The summed E-state index contributed by atoms with van der Waals surface area (Å²) in [6.07, 6.45) is 3.47. The highest BCUT2D eigenvalue weighted by molar-refractivity contribution is 5.94. The number of benzene rings is 1. The average Bonchev–Trinajstić information content (AvgIpc) is 2.86. The molecule has 2 aliphatic heterocycles. The van der Waals surface area contributed by atoms with E-state index >= 15 is 0 Å². The van der Waals surface area contributed by atoms with Crippen LogP contribution in [0.2, 0.25) is 0 Å². The van der Waals surface area contributed by atoms with Crippen LogP contribution in [0.1, 0.15) is 29.6 Å². The van der Waals surface area contributed by atoms with Gasteiger partial charge in [-0.25, -0.2) is 0 Å². The minimum atomic E-state index is 0. The predicted molar refractivity (Wildman–Crippen MR) is 91.5 cm³/mol. The maximum Gasteiger partial charge on any atom is 0.254 e. The van der Waals surface area contributed by atoms with Crippen LogP contribution in [0.4, 0.5) is 0 Å². The van der Waals surface area contributed by atoms with Gasteiger partial charge < -0.3 is 19.7 Å². The highest BCUT2D eigenvalue weighted by Gasteiger charge is 2.31. The van der Waals surface area contributed by atoms with Gasteiger partial charge in [-0.2, -0.15) is 0 Å². The third-order valence-electron chi connectivity index (χ3n) is 4.45. The van der Waals surface area contributed by atoms with Crippen LogP contribution in [0.15, 0.2) is 24.3 Å². The average molecular weight is 341 g/mol. The van der Waals surface area contributed by atoms with Crippen LogP contribution in [0.5, 0.6) is 5.75 Å². The zero-order chi connectivity index (χ0) is 15.4. The first-order valence-corrected chi connectivity index (χ1v) is 8.03. The van der Waals surface area contributed by atoms with Crippen LogP contribution < -0.4 is 10.1 Å². The fourth-order valence-electron chi connectivity index (χ4n) is 3.27. The van der Waals surface area contributed by atoms with Gasteiger partial charge in [0.2, 0.25) is 0 Å². The summed E-state index contributed by atoms with van der Waals surface area (Å²) in [6.45, 7) is 2.68. The zero-order valence-electron chi connectivity index (χ0n) is 13.5. The van der Waals surface area contributed by atoms with E-state index in [0.29, 0.717) is 30.9 Å². The van der Waals surface area contributed by atoms with Gasteiger partial charge in [0.05, 0.1) is 6.61 Å². The molecule has 2 atom stereocenters. The van der Waals surface area contributed by atoms with Gasteiger partial charge in [-0.15, -0.1) is 12.4 Å². The molecule has 1 N–H and O–H groups in total. The molecular weight excluding hydrogens is 316 g/mol. The maximum absolute atomic E-state index is 12.7. The second kappa shape index (κ2) is 8.52. The van der Waals surface area contributed by atoms with E-state index in [-0.39, 0.29) is 18.3 Å². The molecule has 2 fully saturated rings. The predicted octanol–water partition coefficient (Wildman–Crippen LogP) is 2.10. The highest BCUT2D eigenvalue weighted by atomic mass is 35.5. The second-order valence-electron chi connectivity index (χ2n) is 6.05. The summed E-state index contributed by atoms with van der Waals surface area (Å²) in [6, 6.07) is 8.48. The molecule has 0 aliphatic carbocycles. The third-order valence-corrected chi connectivity index (χ3v) is 4.45. The van der Waals surface area contributed by atoms with Crippen LogP contribution in [-0.2, 0) is 4.74 Å². The molecule has 0 saturated carbocycles. The summed E-state index contributed by atoms with van der Waals surface area (Å²) in [5.74, 6) is 0.823. The van der Waals surface area contributed by atoms with E-state index in [2.05, 4.69) is 5.32 Å². The Labute approximate surface area is 143 Å². The van der Waals surface area contributed by atoms with E-state index in [4.69, 9.17) is 9.47 Å². The molecule has 2 saturated heterocycles. The number of nitrogens with one attached hydrogen (secondary N) is 1. The number of fused-ring (bicyclic) bond motifs is 2. The Morgan fingerprint density at radius 3 is 2.91 bits per heavy atom. The van der Waals surface area contributed by atoms with Crippen molar-refractivity contribution >= 4 is 18.3 Å². The van der Waals surface area contributed by atoms with Crippen molar-refractivity contribution in [2.45, 2.75) is 31.3 Å². The number of rotatable bonds is 5. The second-order valence-corrected chi connectivity index (χ2v) is 6.05. The van der Waals surface area contributed by atoms with Gasteiger partial charge in [0.1, 0.15) is 12.4 Å². The molecule has 128 valence electrons. The van der Waals surface area contributed by atoms with Crippen LogP contribution in [0.3, 0.4) is 0 Å². The molecule has 2 heterocycles. The van der Waals surface area contributed by atoms with Gasteiger partial charge >= 0.3 is 0 Å². The van der Waals surface area contributed by atoms with E-state index in [9.17, 15) is 4.79 Å². The third kappa shape index (κ3) is 4.59. The summed E-state index contributed by atoms with van der Waals surface area (Å²) in [4.78, 5) is 14.7. The number of methoxy groups -OCH3 is 1. The van der Waals surface area contributed by atoms with Crippen molar-refractivity contribution in [2.75, 3.05) is 33.4 Å². The number of amides is 1. The van der Waals surface area contributed by atoms with E-state index < -0.39 is 0 Å². The molecule has 1 aromatic carbocycles. The van der Waals surface area contributed by atoms with Crippen molar-refractivity contribution in [3.8, 4) is 5.75 Å². The van der Waals surface area contributed by atoms with Gasteiger partial charge in [-0.05, 0) is 37.5 Å². The van der Waals surface area contributed by atoms with Crippen LogP contribution in [-0.4, -0.2) is 56.3 Å². The molecule has 3 rings (SSSR count). The number of carbonyl (C=O) groups excluding carboxylic acids is 1. The highest BCUT2D eigenvalue weighted by Crippen LogP contribution is 2.22. The van der Waals surface area contributed by atoms with Gasteiger partial charge in [0, 0.05) is 37.8 Å². The van der Waals surface area contributed by atoms with Crippen LogP contribution in [0.25, 0.3) is 0 Å². The van der Waals surface area contributed by atoms with Gasteiger partial charge in [-0.3, -0.25) is 4.79 Å². The molecule has 0 radical (unpaired) electrons. The maximum atomic E-state index is 12.7. The van der Waals surface area contributed by atoms with Gasteiger partial charge in [0.15, 0.2) is 0 Å². The van der Waals surface area contributed by atoms with Gasteiger partial charge in [0.25, 0.3) is 5.91 Å². The molecule has 2 unspecified atom stereocenters. The largest absolute Gasteiger partial charge is 0.491 e. The molecule has 1 amide bonds. The Kier molecular flexibility index (Phi) is 6.69. The van der Waals surface area contributed by atoms with Crippen molar-refractivity contribution in [2.24, 2.45) is 0 Å². The fraction of sp³-hybridized carbons (Fsp3) is 0.588. The lowest BCUT2D eigenvalue weighted by atomic mass is 10.1. The fourth-order valence-corrected chi connectivity index (χ4v) is 3.27. The lowest BCUT2D eigenvalue weighted by Gasteiger charge is -2.24. The summed E-state index contributed by atoms with van der Waals surface area (Å²) in [7, 11) is 1.64. The minimum absolute atomic E-state index is 0. The molecule has 1 aromatic rings. The Bertz CT molecular complexity index is 526. The molecule has 0 spiro atoms. The number of hydrogen-bond donors (Lipinski definition) is 1. The number of nitrogens with zero attached hydrogens (tertiary/aromatic N) is 1. The smallest absolute Gasteiger partial charge is 0.254 e. The summed E-state index contributed by atoms with van der Waals surface area (Å²) >= 11 is 0. The minimum Gasteiger partial charge on any atom is -0.491 e. The van der Waals surface area contributed by atoms with Crippen LogP contribution in [0, 0.1) is 0 Å². The van der Waals surface area contributed by atoms with Crippen LogP contribution >= 0.6 is 12.4 Å². The summed E-state index contributed by atoms with van der Waals surface area (Å²) < 4.78 is 10.6. The SMILES string of the molecule is COCCOc1cccc(C(=O)N2CCC3CCC(C2)N3)c1.Cl. The monoisotopic (exact) mass is 340 g/mol. The standard InChI is InChI=1S/C17H24N2O3.ClH/c1-21-9-10-22-16-4-2-3-13(11-16)17(20)19-8-7-14-5-6-15(12-19)18-14;/h2-4,11,14-15,18H,5-10,12H2,1H3;1H. The van der Waals surface area contributed by atoms with Crippen molar-refractivity contribution in [3.63, 3.8) is 0 Å². The Hall–Kier alpha value is -1.30. The van der Waals surface area contributed by atoms with E-state index in [1.165, 1.54) is 12.8 Å². The summed E-state index contributed by atoms with van der Waals surface area (Å²) in [5, 5.41) is 3.60. The molecule has 2 bridgehead atoms. The number of carbonyl (C=O) groups is 1. The Morgan fingerprint density at radius 1 is 1.26 bits per heavy atom. The van der Waals surface area contributed by atoms with Crippen molar-refractivity contribution in [1.29, 1.82) is 0 Å².